The Bertz CT molecular complexity index is 959. The summed E-state index contributed by atoms with van der Waals surface area (Å²) >= 11 is 0. The van der Waals surface area contributed by atoms with E-state index >= 15 is 0 Å². The van der Waals surface area contributed by atoms with Crippen LogP contribution in [0, 0.1) is 5.92 Å². The van der Waals surface area contributed by atoms with Crippen molar-refractivity contribution in [3.63, 3.8) is 0 Å². The highest BCUT2D eigenvalue weighted by Gasteiger charge is 2.28. The molecule has 2 aromatic rings. The molecule has 1 fully saturated rings. The van der Waals surface area contributed by atoms with Gasteiger partial charge in [-0.05, 0) is 43.9 Å². The lowest BCUT2D eigenvalue weighted by Crippen LogP contribution is -2.46. The molecule has 1 N–H and O–H groups in total. The smallest absolute Gasteiger partial charge is 0.332 e. The normalized spacial score (nSPS) is 16.8. The molecule has 0 aliphatic carbocycles. The van der Waals surface area contributed by atoms with Crippen LogP contribution in [-0.4, -0.2) is 28.1 Å². The standard InChI is InChI=1S/C21H28N4O3/c1-4-15-8-10-17(11-9-15)22-20(27)16-7-6-12-24(14-16)18-13-19(26)23(3)21(28)25(18)5-2/h8-11,13,16H,4-7,12,14H2,1-3H3,(H,22,27)/t16-/m1/s1. The van der Waals surface area contributed by atoms with Crippen LogP contribution in [0.3, 0.4) is 0 Å². The Kier molecular flexibility index (Phi) is 6.02. The molecule has 7 heteroatoms. The monoisotopic (exact) mass is 384 g/mol. The summed E-state index contributed by atoms with van der Waals surface area (Å²) in [6.07, 6.45) is 2.58. The van der Waals surface area contributed by atoms with Crippen molar-refractivity contribution in [2.75, 3.05) is 23.3 Å². The van der Waals surface area contributed by atoms with Crippen molar-refractivity contribution in [2.45, 2.75) is 39.7 Å². The van der Waals surface area contributed by atoms with Gasteiger partial charge in [0.1, 0.15) is 5.82 Å². The highest BCUT2D eigenvalue weighted by atomic mass is 16.2. The summed E-state index contributed by atoms with van der Waals surface area (Å²) < 4.78 is 2.70. The van der Waals surface area contributed by atoms with E-state index in [0.29, 0.717) is 18.9 Å². The number of benzene rings is 1. The Morgan fingerprint density at radius 2 is 1.89 bits per heavy atom. The van der Waals surface area contributed by atoms with Gasteiger partial charge in [0, 0.05) is 38.4 Å². The van der Waals surface area contributed by atoms with Crippen LogP contribution in [0.2, 0.25) is 0 Å². The first-order valence-corrected chi connectivity index (χ1v) is 9.90. The molecule has 1 aliphatic heterocycles. The average Bonchev–Trinajstić information content (AvgIpc) is 2.72. The molecule has 0 radical (unpaired) electrons. The minimum absolute atomic E-state index is 0.0248. The third-order valence-corrected chi connectivity index (χ3v) is 5.44. The van der Waals surface area contributed by atoms with Gasteiger partial charge in [-0.3, -0.25) is 18.7 Å². The lowest BCUT2D eigenvalue weighted by atomic mass is 9.97. The number of rotatable bonds is 5. The van der Waals surface area contributed by atoms with Gasteiger partial charge in [-0.25, -0.2) is 4.79 Å². The van der Waals surface area contributed by atoms with Gasteiger partial charge in [0.2, 0.25) is 5.91 Å². The second-order valence-electron chi connectivity index (χ2n) is 7.25. The number of hydrogen-bond acceptors (Lipinski definition) is 4. The van der Waals surface area contributed by atoms with Crippen molar-refractivity contribution in [3.8, 4) is 0 Å². The molecule has 0 spiro atoms. The van der Waals surface area contributed by atoms with Gasteiger partial charge in [-0.2, -0.15) is 0 Å². The Morgan fingerprint density at radius 3 is 2.54 bits per heavy atom. The fourth-order valence-electron chi connectivity index (χ4n) is 3.69. The number of piperidine rings is 1. The number of carbonyl (C=O) groups excluding carboxylic acids is 1. The molecule has 1 saturated heterocycles. The van der Waals surface area contributed by atoms with Crippen LogP contribution in [0.5, 0.6) is 0 Å². The zero-order valence-corrected chi connectivity index (χ0v) is 16.8. The van der Waals surface area contributed by atoms with Crippen LogP contribution in [0.25, 0.3) is 0 Å². The van der Waals surface area contributed by atoms with Crippen molar-refractivity contribution in [1.82, 2.24) is 9.13 Å². The molecule has 2 heterocycles. The molecule has 0 saturated carbocycles. The second-order valence-corrected chi connectivity index (χ2v) is 7.25. The first kappa shape index (κ1) is 19.9. The third kappa shape index (κ3) is 4.03. The summed E-state index contributed by atoms with van der Waals surface area (Å²) in [4.78, 5) is 39.3. The van der Waals surface area contributed by atoms with E-state index in [4.69, 9.17) is 0 Å². The Morgan fingerprint density at radius 1 is 1.18 bits per heavy atom. The maximum Gasteiger partial charge on any atom is 0.332 e. The highest BCUT2D eigenvalue weighted by Crippen LogP contribution is 2.23. The van der Waals surface area contributed by atoms with Crippen molar-refractivity contribution in [2.24, 2.45) is 13.0 Å². The third-order valence-electron chi connectivity index (χ3n) is 5.44. The van der Waals surface area contributed by atoms with E-state index in [2.05, 4.69) is 12.2 Å². The van der Waals surface area contributed by atoms with Crippen LogP contribution in [0.15, 0.2) is 39.9 Å². The highest BCUT2D eigenvalue weighted by molar-refractivity contribution is 5.93. The van der Waals surface area contributed by atoms with Crippen molar-refractivity contribution in [3.05, 3.63) is 56.7 Å². The van der Waals surface area contributed by atoms with Crippen molar-refractivity contribution in [1.29, 1.82) is 0 Å². The summed E-state index contributed by atoms with van der Waals surface area (Å²) in [7, 11) is 1.48. The number of anilines is 2. The number of nitrogens with zero attached hydrogens (tertiary/aromatic N) is 3. The molecule has 0 unspecified atom stereocenters. The Balaban J connectivity index is 1.77. The molecule has 28 heavy (non-hydrogen) atoms. The predicted octanol–water partition coefficient (Wildman–Crippen LogP) is 1.98. The average molecular weight is 384 g/mol. The van der Waals surface area contributed by atoms with Crippen LogP contribution in [0.4, 0.5) is 11.5 Å². The quantitative estimate of drug-likeness (QED) is 0.855. The minimum Gasteiger partial charge on any atom is -0.357 e. The molecule has 1 amide bonds. The van der Waals surface area contributed by atoms with E-state index in [1.165, 1.54) is 18.7 Å². The zero-order chi connectivity index (χ0) is 20.3. The largest absolute Gasteiger partial charge is 0.357 e. The van der Waals surface area contributed by atoms with Crippen molar-refractivity contribution >= 4 is 17.4 Å². The number of aromatic nitrogens is 2. The molecule has 150 valence electrons. The lowest BCUT2D eigenvalue weighted by molar-refractivity contribution is -0.120. The summed E-state index contributed by atoms with van der Waals surface area (Å²) in [5.74, 6) is 0.382. The van der Waals surface area contributed by atoms with Crippen LogP contribution in [-0.2, 0) is 24.8 Å². The summed E-state index contributed by atoms with van der Waals surface area (Å²) in [5, 5.41) is 3.00. The molecular formula is C21H28N4O3. The van der Waals surface area contributed by atoms with E-state index in [1.54, 1.807) is 4.57 Å². The van der Waals surface area contributed by atoms with Gasteiger partial charge < -0.3 is 10.2 Å². The zero-order valence-electron chi connectivity index (χ0n) is 16.8. The van der Waals surface area contributed by atoms with Gasteiger partial charge >= 0.3 is 5.69 Å². The van der Waals surface area contributed by atoms with Crippen LogP contribution < -0.4 is 21.5 Å². The lowest BCUT2D eigenvalue weighted by Gasteiger charge is -2.34. The number of aryl methyl sites for hydroxylation is 1. The number of amides is 1. The van der Waals surface area contributed by atoms with E-state index in [0.717, 1.165) is 36.1 Å². The summed E-state index contributed by atoms with van der Waals surface area (Å²) in [6.45, 7) is 5.66. The maximum absolute atomic E-state index is 12.8. The van der Waals surface area contributed by atoms with Crippen molar-refractivity contribution < 1.29 is 4.79 Å². The van der Waals surface area contributed by atoms with E-state index in [9.17, 15) is 14.4 Å². The molecular weight excluding hydrogens is 356 g/mol. The summed E-state index contributed by atoms with van der Waals surface area (Å²) in [6, 6.07) is 9.37. The molecule has 0 bridgehead atoms. The number of nitrogens with one attached hydrogen (secondary N) is 1. The fourth-order valence-corrected chi connectivity index (χ4v) is 3.69. The van der Waals surface area contributed by atoms with Gasteiger partial charge in [0.25, 0.3) is 5.56 Å². The van der Waals surface area contributed by atoms with E-state index < -0.39 is 0 Å². The van der Waals surface area contributed by atoms with Gasteiger partial charge in [-0.15, -0.1) is 0 Å². The predicted molar refractivity (Wildman–Crippen MR) is 111 cm³/mol. The first-order valence-electron chi connectivity index (χ1n) is 9.90. The van der Waals surface area contributed by atoms with E-state index in [1.807, 2.05) is 36.1 Å². The topological polar surface area (TPSA) is 76.3 Å². The van der Waals surface area contributed by atoms with Crippen LogP contribution in [0.1, 0.15) is 32.3 Å². The SMILES string of the molecule is CCc1ccc(NC(=O)[C@@H]2CCCN(c3cc(=O)n(C)c(=O)n3CC)C2)cc1. The molecule has 1 aliphatic rings. The maximum atomic E-state index is 12.8. The minimum atomic E-state index is -0.327. The fraction of sp³-hybridized carbons (Fsp3) is 0.476. The molecule has 7 nitrogen and oxygen atoms in total. The molecule has 1 aromatic heterocycles. The first-order chi connectivity index (χ1) is 13.4. The Labute approximate surface area is 164 Å². The second kappa shape index (κ2) is 8.46. The van der Waals surface area contributed by atoms with Gasteiger partial charge in [0.15, 0.2) is 0 Å². The van der Waals surface area contributed by atoms with E-state index in [-0.39, 0.29) is 23.1 Å². The van der Waals surface area contributed by atoms with Gasteiger partial charge in [0.05, 0.1) is 5.92 Å². The summed E-state index contributed by atoms with van der Waals surface area (Å²) in [5.41, 5.74) is 1.36. The number of carbonyl (C=O) groups is 1. The Hall–Kier alpha value is -2.83. The van der Waals surface area contributed by atoms with Crippen LogP contribution >= 0.6 is 0 Å². The molecule has 1 aromatic carbocycles. The molecule has 3 rings (SSSR count). The number of hydrogen-bond donors (Lipinski definition) is 1. The van der Waals surface area contributed by atoms with Gasteiger partial charge in [-0.1, -0.05) is 19.1 Å². The molecule has 1 atom stereocenters.